The molecule has 3 aromatic rings. The van der Waals surface area contributed by atoms with Crippen molar-refractivity contribution in [3.63, 3.8) is 0 Å². The molecule has 5 heteroatoms. The Balaban J connectivity index is 2.58. The zero-order valence-corrected chi connectivity index (χ0v) is 10.1. The molecule has 0 aliphatic heterocycles. The third kappa shape index (κ3) is 1.67. The van der Waals surface area contributed by atoms with Gasteiger partial charge in [-0.3, -0.25) is 9.20 Å². The van der Waals surface area contributed by atoms with Gasteiger partial charge < -0.3 is 5.11 Å². The second-order valence-electron chi connectivity index (χ2n) is 4.36. The third-order valence-corrected chi connectivity index (χ3v) is 3.03. The zero-order valence-electron chi connectivity index (χ0n) is 10.1. The van der Waals surface area contributed by atoms with Crippen molar-refractivity contribution in [3.05, 3.63) is 58.0 Å². The van der Waals surface area contributed by atoms with E-state index in [1.807, 2.05) is 13.0 Å². The Labute approximate surface area is 107 Å². The van der Waals surface area contributed by atoms with Gasteiger partial charge in [0.1, 0.15) is 5.56 Å². The van der Waals surface area contributed by atoms with Crippen LogP contribution in [0.25, 0.3) is 16.6 Å². The van der Waals surface area contributed by atoms with Gasteiger partial charge in [0.05, 0.1) is 10.9 Å². The van der Waals surface area contributed by atoms with E-state index in [2.05, 4.69) is 4.98 Å². The maximum absolute atomic E-state index is 12.3. The van der Waals surface area contributed by atoms with Gasteiger partial charge in [0, 0.05) is 6.20 Å². The molecule has 0 fully saturated rings. The molecule has 0 spiro atoms. The fourth-order valence-corrected chi connectivity index (χ4v) is 2.10. The van der Waals surface area contributed by atoms with E-state index in [1.165, 1.54) is 22.7 Å². The molecule has 19 heavy (non-hydrogen) atoms. The minimum Gasteiger partial charge on any atom is -0.478 e. The Kier molecular flexibility index (Phi) is 2.35. The van der Waals surface area contributed by atoms with Gasteiger partial charge >= 0.3 is 5.97 Å². The first-order chi connectivity index (χ1) is 9.08. The van der Waals surface area contributed by atoms with Gasteiger partial charge in [-0.15, -0.1) is 0 Å². The summed E-state index contributed by atoms with van der Waals surface area (Å²) in [5.41, 5.74) is 1.40. The van der Waals surface area contributed by atoms with Crippen LogP contribution >= 0.6 is 0 Å². The van der Waals surface area contributed by atoms with Gasteiger partial charge in [-0.05, 0) is 36.8 Å². The number of aryl methyl sites for hydroxylation is 1. The van der Waals surface area contributed by atoms with Crippen LogP contribution in [0.3, 0.4) is 0 Å². The Bertz CT molecular complexity index is 881. The zero-order chi connectivity index (χ0) is 13.6. The molecule has 0 atom stereocenters. The average molecular weight is 254 g/mol. The number of hydrogen-bond acceptors (Lipinski definition) is 3. The van der Waals surface area contributed by atoms with E-state index in [0.29, 0.717) is 10.9 Å². The van der Waals surface area contributed by atoms with Gasteiger partial charge in [-0.25, -0.2) is 9.78 Å². The number of pyridine rings is 1. The molecule has 2 aromatic heterocycles. The normalized spacial score (nSPS) is 11.0. The number of aromatic carboxylic acids is 1. The summed E-state index contributed by atoms with van der Waals surface area (Å²) >= 11 is 0. The first-order valence-corrected chi connectivity index (χ1v) is 5.73. The number of aromatic nitrogens is 2. The lowest BCUT2D eigenvalue weighted by Gasteiger charge is -2.06. The van der Waals surface area contributed by atoms with Crippen LogP contribution in [-0.2, 0) is 0 Å². The molecule has 1 N–H and O–H groups in total. The first kappa shape index (κ1) is 11.4. The molecule has 0 unspecified atom stereocenters. The SMILES string of the molecule is Cc1ccc2c(=O)n3cccc(C(=O)O)c3nc2c1. The van der Waals surface area contributed by atoms with Crippen LogP contribution in [0.15, 0.2) is 41.3 Å². The molecule has 0 saturated carbocycles. The maximum Gasteiger partial charge on any atom is 0.339 e. The Morgan fingerprint density at radius 3 is 2.84 bits per heavy atom. The number of carboxylic acids is 1. The molecule has 0 amide bonds. The summed E-state index contributed by atoms with van der Waals surface area (Å²) in [5, 5.41) is 9.62. The van der Waals surface area contributed by atoms with E-state index < -0.39 is 5.97 Å². The molecule has 1 aromatic carbocycles. The maximum atomic E-state index is 12.3. The molecule has 5 nitrogen and oxygen atoms in total. The number of hydrogen-bond donors (Lipinski definition) is 1. The minimum absolute atomic E-state index is 0.0167. The highest BCUT2D eigenvalue weighted by molar-refractivity contribution is 5.95. The van der Waals surface area contributed by atoms with Crippen molar-refractivity contribution in [2.45, 2.75) is 6.92 Å². The van der Waals surface area contributed by atoms with Crippen molar-refractivity contribution >= 4 is 22.5 Å². The van der Waals surface area contributed by atoms with E-state index in [1.54, 1.807) is 12.1 Å². The fraction of sp³-hybridized carbons (Fsp3) is 0.0714. The van der Waals surface area contributed by atoms with E-state index in [4.69, 9.17) is 5.11 Å². The Morgan fingerprint density at radius 1 is 1.32 bits per heavy atom. The van der Waals surface area contributed by atoms with Crippen LogP contribution in [0.2, 0.25) is 0 Å². The molecule has 0 aliphatic rings. The Morgan fingerprint density at radius 2 is 2.11 bits per heavy atom. The first-order valence-electron chi connectivity index (χ1n) is 5.73. The molecular weight excluding hydrogens is 244 g/mol. The number of rotatable bonds is 1. The van der Waals surface area contributed by atoms with Crippen LogP contribution in [-0.4, -0.2) is 20.5 Å². The Hall–Kier alpha value is -2.69. The van der Waals surface area contributed by atoms with Crippen LogP contribution in [0, 0.1) is 6.92 Å². The van der Waals surface area contributed by atoms with Crippen molar-refractivity contribution in [3.8, 4) is 0 Å². The number of nitrogens with zero attached hydrogens (tertiary/aromatic N) is 2. The smallest absolute Gasteiger partial charge is 0.339 e. The van der Waals surface area contributed by atoms with Crippen molar-refractivity contribution in [1.29, 1.82) is 0 Å². The molecule has 0 bridgehead atoms. The summed E-state index contributed by atoms with van der Waals surface area (Å²) in [7, 11) is 0. The minimum atomic E-state index is -1.10. The quantitative estimate of drug-likeness (QED) is 0.673. The van der Waals surface area contributed by atoms with Gasteiger partial charge in [-0.1, -0.05) is 6.07 Å². The van der Waals surface area contributed by atoms with Crippen molar-refractivity contribution in [1.82, 2.24) is 9.38 Å². The number of benzene rings is 1. The standard InChI is InChI=1S/C14H10N2O3/c1-8-4-5-9-11(7-8)15-12-10(14(18)19)3-2-6-16(12)13(9)17/h2-7H,1H3,(H,18,19). The van der Waals surface area contributed by atoms with Crippen LogP contribution in [0.4, 0.5) is 0 Å². The fourth-order valence-electron chi connectivity index (χ4n) is 2.10. The van der Waals surface area contributed by atoms with E-state index in [9.17, 15) is 9.59 Å². The lowest BCUT2D eigenvalue weighted by atomic mass is 10.1. The summed E-state index contributed by atoms with van der Waals surface area (Å²) in [4.78, 5) is 27.8. The lowest BCUT2D eigenvalue weighted by Crippen LogP contribution is -2.17. The van der Waals surface area contributed by atoms with Gasteiger partial charge in [-0.2, -0.15) is 0 Å². The number of carbonyl (C=O) groups is 1. The molecule has 0 saturated heterocycles. The van der Waals surface area contributed by atoms with Crippen molar-refractivity contribution in [2.75, 3.05) is 0 Å². The largest absolute Gasteiger partial charge is 0.478 e. The van der Waals surface area contributed by atoms with Crippen molar-refractivity contribution < 1.29 is 9.90 Å². The molecule has 94 valence electrons. The highest BCUT2D eigenvalue weighted by Crippen LogP contribution is 2.14. The highest BCUT2D eigenvalue weighted by atomic mass is 16.4. The molecule has 0 radical (unpaired) electrons. The second kappa shape index (κ2) is 3.91. The van der Waals surface area contributed by atoms with Crippen LogP contribution in [0.5, 0.6) is 0 Å². The van der Waals surface area contributed by atoms with Gasteiger partial charge in [0.2, 0.25) is 0 Å². The summed E-state index contributed by atoms with van der Waals surface area (Å²) in [6.45, 7) is 1.89. The van der Waals surface area contributed by atoms with Crippen LogP contribution in [0.1, 0.15) is 15.9 Å². The summed E-state index contributed by atoms with van der Waals surface area (Å²) in [6, 6.07) is 8.28. The van der Waals surface area contributed by atoms with E-state index in [0.717, 1.165) is 5.56 Å². The number of fused-ring (bicyclic) bond motifs is 2. The topological polar surface area (TPSA) is 71.7 Å². The number of carboxylic acid groups (broad SMARTS) is 1. The summed E-state index contributed by atoms with van der Waals surface area (Å²) in [5.74, 6) is -1.10. The molecular formula is C14H10N2O3. The lowest BCUT2D eigenvalue weighted by molar-refractivity contribution is 0.0698. The summed E-state index contributed by atoms with van der Waals surface area (Å²) in [6.07, 6.45) is 1.52. The highest BCUT2D eigenvalue weighted by Gasteiger charge is 2.12. The van der Waals surface area contributed by atoms with E-state index >= 15 is 0 Å². The average Bonchev–Trinajstić information content (AvgIpc) is 2.37. The van der Waals surface area contributed by atoms with Gasteiger partial charge in [0.25, 0.3) is 5.56 Å². The van der Waals surface area contributed by atoms with Crippen LogP contribution < -0.4 is 5.56 Å². The third-order valence-electron chi connectivity index (χ3n) is 3.03. The molecule has 0 aliphatic carbocycles. The monoisotopic (exact) mass is 254 g/mol. The molecule has 2 heterocycles. The predicted octanol–water partition coefficient (Wildman–Crippen LogP) is 1.85. The van der Waals surface area contributed by atoms with Crippen molar-refractivity contribution in [2.24, 2.45) is 0 Å². The second-order valence-corrected chi connectivity index (χ2v) is 4.36. The van der Waals surface area contributed by atoms with E-state index in [-0.39, 0.29) is 16.8 Å². The molecule has 3 rings (SSSR count). The predicted molar refractivity (Wildman–Crippen MR) is 70.7 cm³/mol. The summed E-state index contributed by atoms with van der Waals surface area (Å²) < 4.78 is 1.26. The van der Waals surface area contributed by atoms with Gasteiger partial charge in [0.15, 0.2) is 5.65 Å².